The minimum Gasteiger partial charge on any atom is -0.475 e. The van der Waals surface area contributed by atoms with E-state index < -0.39 is 0 Å². The van der Waals surface area contributed by atoms with Gasteiger partial charge in [0.25, 0.3) is 5.91 Å². The molecule has 0 spiro atoms. The zero-order valence-corrected chi connectivity index (χ0v) is 14.1. The van der Waals surface area contributed by atoms with E-state index in [0.717, 1.165) is 9.13 Å². The summed E-state index contributed by atoms with van der Waals surface area (Å²) in [7, 11) is 0. The minimum atomic E-state index is -0.104. The Morgan fingerprint density at radius 1 is 1.33 bits per heavy atom. The lowest BCUT2D eigenvalue weighted by Crippen LogP contribution is -2.23. The Kier molecular flexibility index (Phi) is 5.55. The maximum atomic E-state index is 12.1. The molecule has 0 atom stereocenters. The van der Waals surface area contributed by atoms with Crippen molar-refractivity contribution < 1.29 is 9.53 Å². The molecule has 0 saturated heterocycles. The van der Waals surface area contributed by atoms with Crippen LogP contribution in [0.25, 0.3) is 0 Å². The standard InChI is InChI=1S/C16H17IN2O2/c1-11(2)21-16-13(6-4-8-18-16)10-19-15(20)12-5-3-7-14(17)9-12/h3-9,11H,10H2,1-2H3,(H,19,20). The first-order chi connectivity index (χ1) is 10.1. The smallest absolute Gasteiger partial charge is 0.251 e. The van der Waals surface area contributed by atoms with Gasteiger partial charge in [0.15, 0.2) is 0 Å². The SMILES string of the molecule is CC(C)Oc1ncccc1CNC(=O)c1cccc(I)c1. The molecule has 5 heteroatoms. The van der Waals surface area contributed by atoms with Gasteiger partial charge in [-0.3, -0.25) is 4.79 Å². The Labute approximate surface area is 138 Å². The van der Waals surface area contributed by atoms with Gasteiger partial charge in [0.2, 0.25) is 5.88 Å². The van der Waals surface area contributed by atoms with Crippen LogP contribution in [0.1, 0.15) is 29.8 Å². The van der Waals surface area contributed by atoms with Crippen LogP contribution in [-0.4, -0.2) is 17.0 Å². The van der Waals surface area contributed by atoms with Gasteiger partial charge in [0, 0.05) is 27.4 Å². The summed E-state index contributed by atoms with van der Waals surface area (Å²) in [5.74, 6) is 0.461. The number of pyridine rings is 1. The van der Waals surface area contributed by atoms with Crippen molar-refractivity contribution in [1.29, 1.82) is 0 Å². The number of aromatic nitrogens is 1. The van der Waals surface area contributed by atoms with Gasteiger partial charge in [0.1, 0.15) is 0 Å². The molecular formula is C16H17IN2O2. The summed E-state index contributed by atoms with van der Waals surface area (Å²) in [4.78, 5) is 16.3. The van der Waals surface area contributed by atoms with E-state index in [2.05, 4.69) is 32.9 Å². The van der Waals surface area contributed by atoms with Crippen LogP contribution in [0, 0.1) is 3.57 Å². The number of ether oxygens (including phenoxy) is 1. The fourth-order valence-corrected chi connectivity index (χ4v) is 2.34. The first kappa shape index (κ1) is 15.8. The molecule has 1 N–H and O–H groups in total. The highest BCUT2D eigenvalue weighted by molar-refractivity contribution is 14.1. The van der Waals surface area contributed by atoms with Gasteiger partial charge >= 0.3 is 0 Å². The second kappa shape index (κ2) is 7.40. The molecule has 21 heavy (non-hydrogen) atoms. The number of benzene rings is 1. The van der Waals surface area contributed by atoms with Crippen LogP contribution in [0.2, 0.25) is 0 Å². The van der Waals surface area contributed by atoms with Crippen molar-refractivity contribution in [3.63, 3.8) is 0 Å². The molecule has 0 aliphatic rings. The summed E-state index contributed by atoms with van der Waals surface area (Å²) in [6.45, 7) is 4.28. The van der Waals surface area contributed by atoms with Gasteiger partial charge in [-0.25, -0.2) is 4.98 Å². The van der Waals surface area contributed by atoms with Crippen molar-refractivity contribution in [2.75, 3.05) is 0 Å². The third-order valence-corrected chi connectivity index (χ3v) is 3.39. The van der Waals surface area contributed by atoms with E-state index in [1.807, 2.05) is 44.2 Å². The third kappa shape index (κ3) is 4.70. The number of amides is 1. The number of nitrogens with zero attached hydrogens (tertiary/aromatic N) is 1. The molecule has 0 unspecified atom stereocenters. The number of rotatable bonds is 5. The fraction of sp³-hybridized carbons (Fsp3) is 0.250. The van der Waals surface area contributed by atoms with E-state index in [-0.39, 0.29) is 12.0 Å². The molecule has 0 bridgehead atoms. The average molecular weight is 396 g/mol. The number of carbonyl (C=O) groups is 1. The Morgan fingerprint density at radius 2 is 2.14 bits per heavy atom. The second-order valence-electron chi connectivity index (χ2n) is 4.83. The van der Waals surface area contributed by atoms with E-state index in [9.17, 15) is 4.79 Å². The second-order valence-corrected chi connectivity index (χ2v) is 6.07. The molecule has 1 amide bonds. The molecule has 4 nitrogen and oxygen atoms in total. The molecule has 0 aliphatic carbocycles. The quantitative estimate of drug-likeness (QED) is 0.789. The van der Waals surface area contributed by atoms with E-state index in [4.69, 9.17) is 4.74 Å². The zero-order valence-electron chi connectivity index (χ0n) is 12.0. The predicted molar refractivity (Wildman–Crippen MR) is 90.3 cm³/mol. The Morgan fingerprint density at radius 3 is 2.86 bits per heavy atom. The van der Waals surface area contributed by atoms with E-state index in [0.29, 0.717) is 18.0 Å². The summed E-state index contributed by atoms with van der Waals surface area (Å²) in [5, 5.41) is 2.89. The van der Waals surface area contributed by atoms with Crippen molar-refractivity contribution in [3.05, 3.63) is 57.3 Å². The summed E-state index contributed by atoms with van der Waals surface area (Å²) in [6.07, 6.45) is 1.73. The van der Waals surface area contributed by atoms with Crippen LogP contribution < -0.4 is 10.1 Å². The van der Waals surface area contributed by atoms with Gasteiger partial charge in [-0.05, 0) is 60.7 Å². The highest BCUT2D eigenvalue weighted by atomic mass is 127. The first-order valence-corrected chi connectivity index (χ1v) is 7.78. The van der Waals surface area contributed by atoms with Gasteiger partial charge in [-0.1, -0.05) is 12.1 Å². The van der Waals surface area contributed by atoms with Crippen molar-refractivity contribution in [3.8, 4) is 5.88 Å². The molecule has 0 fully saturated rings. The van der Waals surface area contributed by atoms with Crippen LogP contribution in [0.4, 0.5) is 0 Å². The van der Waals surface area contributed by atoms with Crippen molar-refractivity contribution in [2.24, 2.45) is 0 Å². The molecular weight excluding hydrogens is 379 g/mol. The first-order valence-electron chi connectivity index (χ1n) is 6.70. The lowest BCUT2D eigenvalue weighted by molar-refractivity contribution is 0.0950. The van der Waals surface area contributed by atoms with E-state index in [1.165, 1.54) is 0 Å². The number of hydrogen-bond acceptors (Lipinski definition) is 3. The Balaban J connectivity index is 2.04. The average Bonchev–Trinajstić information content (AvgIpc) is 2.45. The molecule has 2 aromatic rings. The molecule has 1 aromatic carbocycles. The monoisotopic (exact) mass is 396 g/mol. The minimum absolute atomic E-state index is 0.0463. The molecule has 1 heterocycles. The summed E-state index contributed by atoms with van der Waals surface area (Å²) in [6, 6.07) is 11.2. The van der Waals surface area contributed by atoms with Crippen molar-refractivity contribution in [1.82, 2.24) is 10.3 Å². The molecule has 0 saturated carbocycles. The van der Waals surface area contributed by atoms with Gasteiger partial charge < -0.3 is 10.1 Å². The van der Waals surface area contributed by atoms with E-state index >= 15 is 0 Å². The van der Waals surface area contributed by atoms with Crippen LogP contribution in [0.5, 0.6) is 5.88 Å². The Hall–Kier alpha value is -1.63. The molecule has 0 aliphatic heterocycles. The summed E-state index contributed by atoms with van der Waals surface area (Å²) < 4.78 is 6.67. The van der Waals surface area contributed by atoms with Crippen LogP contribution in [-0.2, 0) is 6.54 Å². The normalized spacial score (nSPS) is 10.5. The maximum Gasteiger partial charge on any atom is 0.251 e. The third-order valence-electron chi connectivity index (χ3n) is 2.72. The number of nitrogens with one attached hydrogen (secondary N) is 1. The topological polar surface area (TPSA) is 51.2 Å². The number of halogens is 1. The lowest BCUT2D eigenvalue weighted by Gasteiger charge is -2.13. The largest absolute Gasteiger partial charge is 0.475 e. The lowest BCUT2D eigenvalue weighted by atomic mass is 10.2. The van der Waals surface area contributed by atoms with Crippen LogP contribution in [0.3, 0.4) is 0 Å². The summed E-state index contributed by atoms with van der Waals surface area (Å²) >= 11 is 2.19. The van der Waals surface area contributed by atoms with Gasteiger partial charge in [-0.2, -0.15) is 0 Å². The van der Waals surface area contributed by atoms with Crippen LogP contribution in [0.15, 0.2) is 42.6 Å². The maximum absolute atomic E-state index is 12.1. The van der Waals surface area contributed by atoms with Gasteiger partial charge in [-0.15, -0.1) is 0 Å². The molecule has 2 rings (SSSR count). The number of hydrogen-bond donors (Lipinski definition) is 1. The van der Waals surface area contributed by atoms with Gasteiger partial charge in [0.05, 0.1) is 6.10 Å². The fourth-order valence-electron chi connectivity index (χ4n) is 1.80. The summed E-state index contributed by atoms with van der Waals surface area (Å²) in [5.41, 5.74) is 1.52. The Bertz CT molecular complexity index is 629. The highest BCUT2D eigenvalue weighted by Gasteiger charge is 2.10. The zero-order chi connectivity index (χ0) is 15.2. The highest BCUT2D eigenvalue weighted by Crippen LogP contribution is 2.16. The molecule has 1 aromatic heterocycles. The molecule has 110 valence electrons. The predicted octanol–water partition coefficient (Wildman–Crippen LogP) is 3.40. The van der Waals surface area contributed by atoms with Crippen LogP contribution >= 0.6 is 22.6 Å². The van der Waals surface area contributed by atoms with Crippen molar-refractivity contribution >= 4 is 28.5 Å². The van der Waals surface area contributed by atoms with E-state index in [1.54, 1.807) is 12.3 Å². The number of carbonyl (C=O) groups excluding carboxylic acids is 1. The molecule has 0 radical (unpaired) electrons. The van der Waals surface area contributed by atoms with Crippen molar-refractivity contribution in [2.45, 2.75) is 26.5 Å².